The Labute approximate surface area is 170 Å². The maximum absolute atomic E-state index is 12.3. The number of sulfone groups is 1. The van der Waals surface area contributed by atoms with E-state index in [1.54, 1.807) is 30.5 Å². The number of carbonyl (C=O) groups excluding carboxylic acids is 1. The molecule has 9 heteroatoms. The second-order valence-corrected chi connectivity index (χ2v) is 9.23. The molecule has 0 spiro atoms. The third kappa shape index (κ3) is 4.85. The van der Waals surface area contributed by atoms with Gasteiger partial charge in [-0.25, -0.2) is 13.4 Å². The Balaban J connectivity index is 1.61. The number of esters is 1. The molecule has 0 aliphatic heterocycles. The van der Waals surface area contributed by atoms with Crippen molar-refractivity contribution < 1.29 is 17.9 Å². The molecule has 2 heterocycles. The summed E-state index contributed by atoms with van der Waals surface area (Å²) in [5.74, 6) is -1.02. The second kappa shape index (κ2) is 8.24. The Morgan fingerprint density at radius 3 is 2.61 bits per heavy atom. The van der Waals surface area contributed by atoms with Gasteiger partial charge in [-0.1, -0.05) is 17.7 Å². The van der Waals surface area contributed by atoms with Crippen LogP contribution >= 0.6 is 15.9 Å². The maximum atomic E-state index is 12.3. The van der Waals surface area contributed by atoms with E-state index in [4.69, 9.17) is 4.74 Å². The maximum Gasteiger partial charge on any atom is 0.307 e. The van der Waals surface area contributed by atoms with Crippen LogP contribution in [0.4, 0.5) is 0 Å². The molecular weight excluding hydrogens is 448 g/mol. The number of hydrogen-bond donors (Lipinski definition) is 0. The number of benzene rings is 1. The summed E-state index contributed by atoms with van der Waals surface area (Å²) < 4.78 is 31.7. The van der Waals surface area contributed by atoms with E-state index in [9.17, 15) is 18.0 Å². The molecule has 0 atom stereocenters. The monoisotopic (exact) mass is 464 g/mol. The van der Waals surface area contributed by atoms with Crippen LogP contribution in [0.3, 0.4) is 0 Å². The van der Waals surface area contributed by atoms with Crippen molar-refractivity contribution in [3.63, 3.8) is 0 Å². The Morgan fingerprint density at radius 2 is 1.89 bits per heavy atom. The number of aryl methyl sites for hydroxylation is 1. The van der Waals surface area contributed by atoms with Crippen LogP contribution in [0.25, 0.3) is 5.65 Å². The number of rotatable bonds is 6. The molecule has 1 aromatic carbocycles. The average Bonchev–Trinajstić information content (AvgIpc) is 2.66. The first kappa shape index (κ1) is 20.2. The van der Waals surface area contributed by atoms with Crippen LogP contribution in [-0.2, 0) is 26.0 Å². The zero-order valence-corrected chi connectivity index (χ0v) is 17.4. The highest BCUT2D eigenvalue weighted by molar-refractivity contribution is 9.10. The van der Waals surface area contributed by atoms with Crippen molar-refractivity contribution in [1.29, 1.82) is 0 Å². The molecule has 0 saturated heterocycles. The van der Waals surface area contributed by atoms with Gasteiger partial charge in [-0.05, 0) is 47.1 Å². The van der Waals surface area contributed by atoms with Crippen molar-refractivity contribution in [1.82, 2.24) is 9.38 Å². The van der Waals surface area contributed by atoms with Crippen LogP contribution in [0, 0.1) is 6.92 Å². The normalized spacial score (nSPS) is 11.5. The summed E-state index contributed by atoms with van der Waals surface area (Å²) in [6, 6.07) is 11.1. The fraction of sp³-hybridized carbons (Fsp3) is 0.211. The van der Waals surface area contributed by atoms with E-state index in [2.05, 4.69) is 20.9 Å². The quantitative estimate of drug-likeness (QED) is 0.520. The minimum atomic E-state index is -3.57. The number of ether oxygens (including phenoxy) is 1. The van der Waals surface area contributed by atoms with E-state index in [0.29, 0.717) is 11.3 Å². The van der Waals surface area contributed by atoms with Crippen molar-refractivity contribution in [3.8, 4) is 0 Å². The fourth-order valence-corrected chi connectivity index (χ4v) is 4.07. The van der Waals surface area contributed by atoms with Crippen LogP contribution < -0.4 is 5.56 Å². The summed E-state index contributed by atoms with van der Waals surface area (Å²) in [6.45, 7) is 1.66. The largest absolute Gasteiger partial charge is 0.459 e. The Bertz CT molecular complexity index is 1190. The highest BCUT2D eigenvalue weighted by Gasteiger charge is 2.17. The number of nitrogens with zero attached hydrogens (tertiary/aromatic N) is 2. The summed E-state index contributed by atoms with van der Waals surface area (Å²) in [7, 11) is -3.57. The average molecular weight is 465 g/mol. The van der Waals surface area contributed by atoms with Crippen molar-refractivity contribution in [2.24, 2.45) is 0 Å². The summed E-state index contributed by atoms with van der Waals surface area (Å²) in [5.41, 5.74) is 1.36. The van der Waals surface area contributed by atoms with Gasteiger partial charge in [-0.3, -0.25) is 14.0 Å². The van der Waals surface area contributed by atoms with Gasteiger partial charge in [-0.2, -0.15) is 0 Å². The molecule has 0 aliphatic carbocycles. The highest BCUT2D eigenvalue weighted by Crippen LogP contribution is 2.14. The van der Waals surface area contributed by atoms with Crippen molar-refractivity contribution in [3.05, 3.63) is 74.7 Å². The Hall–Kier alpha value is -2.52. The zero-order chi connectivity index (χ0) is 20.3. The minimum absolute atomic E-state index is 0.168. The smallest absolute Gasteiger partial charge is 0.307 e. The van der Waals surface area contributed by atoms with Crippen LogP contribution in [0.15, 0.2) is 62.8 Å². The molecule has 3 aromatic rings. The molecule has 28 heavy (non-hydrogen) atoms. The lowest BCUT2D eigenvalue weighted by Crippen LogP contribution is -2.17. The molecule has 0 bridgehead atoms. The molecule has 7 nitrogen and oxygen atoms in total. The first-order chi connectivity index (χ1) is 13.2. The van der Waals surface area contributed by atoms with Gasteiger partial charge in [0.05, 0.1) is 22.8 Å². The zero-order valence-electron chi connectivity index (χ0n) is 15.0. The number of carbonyl (C=O) groups is 1. The van der Waals surface area contributed by atoms with Gasteiger partial charge in [0.1, 0.15) is 12.3 Å². The first-order valence-electron chi connectivity index (χ1n) is 8.37. The lowest BCUT2D eigenvalue weighted by Gasteiger charge is -2.07. The second-order valence-electron chi connectivity index (χ2n) is 6.20. The van der Waals surface area contributed by atoms with Gasteiger partial charge < -0.3 is 4.74 Å². The molecule has 0 fully saturated rings. The molecule has 0 saturated carbocycles. The fourth-order valence-electron chi connectivity index (χ4n) is 2.51. The van der Waals surface area contributed by atoms with E-state index in [0.717, 1.165) is 10.0 Å². The molecule has 0 amide bonds. The third-order valence-corrected chi connectivity index (χ3v) is 6.21. The summed E-state index contributed by atoms with van der Waals surface area (Å²) in [4.78, 5) is 28.5. The van der Waals surface area contributed by atoms with Gasteiger partial charge in [-0.15, -0.1) is 0 Å². The lowest BCUT2D eigenvalue weighted by atomic mass is 10.2. The minimum Gasteiger partial charge on any atom is -0.459 e. The van der Waals surface area contributed by atoms with E-state index in [1.165, 1.54) is 22.6 Å². The van der Waals surface area contributed by atoms with E-state index < -0.39 is 15.8 Å². The molecule has 146 valence electrons. The van der Waals surface area contributed by atoms with Crippen molar-refractivity contribution in [2.45, 2.75) is 24.8 Å². The topological polar surface area (TPSA) is 94.8 Å². The molecule has 2 aromatic heterocycles. The van der Waals surface area contributed by atoms with Crippen molar-refractivity contribution >= 4 is 37.4 Å². The van der Waals surface area contributed by atoms with Gasteiger partial charge in [0.2, 0.25) is 0 Å². The standard InChI is InChI=1S/C19H17BrN2O5S/c1-13-2-5-16(6-3-13)28(25,26)9-8-19(24)27-12-15-10-18(23)22-11-14(20)4-7-17(22)21-15/h2-7,10-11H,8-9,12H2,1H3. The van der Waals surface area contributed by atoms with E-state index >= 15 is 0 Å². The highest BCUT2D eigenvalue weighted by atomic mass is 79.9. The number of pyridine rings is 1. The predicted octanol–water partition coefficient (Wildman–Crippen LogP) is 2.67. The molecule has 3 rings (SSSR count). The number of hydrogen-bond acceptors (Lipinski definition) is 6. The number of aromatic nitrogens is 2. The third-order valence-electron chi connectivity index (χ3n) is 4.01. The summed E-state index contributed by atoms with van der Waals surface area (Å²) in [5, 5.41) is 0. The van der Waals surface area contributed by atoms with Crippen LogP contribution in [0.5, 0.6) is 0 Å². The molecular formula is C19H17BrN2O5S. The van der Waals surface area contributed by atoms with Gasteiger partial charge >= 0.3 is 5.97 Å². The molecule has 0 unspecified atom stereocenters. The Morgan fingerprint density at radius 1 is 1.18 bits per heavy atom. The SMILES string of the molecule is Cc1ccc(S(=O)(=O)CCC(=O)OCc2cc(=O)n3cc(Br)ccc3n2)cc1. The van der Waals surface area contributed by atoms with Gasteiger partial charge in [0, 0.05) is 16.7 Å². The molecule has 0 aliphatic rings. The number of halogens is 1. The van der Waals surface area contributed by atoms with E-state index in [-0.39, 0.29) is 29.2 Å². The van der Waals surface area contributed by atoms with Crippen molar-refractivity contribution in [2.75, 3.05) is 5.75 Å². The molecule has 0 N–H and O–H groups in total. The summed E-state index contributed by atoms with van der Waals surface area (Å²) >= 11 is 3.28. The molecule has 0 radical (unpaired) electrons. The Kier molecular flexibility index (Phi) is 5.95. The first-order valence-corrected chi connectivity index (χ1v) is 10.8. The van der Waals surface area contributed by atoms with Crippen LogP contribution in [0.2, 0.25) is 0 Å². The summed E-state index contributed by atoms with van der Waals surface area (Å²) in [6.07, 6.45) is 1.31. The van der Waals surface area contributed by atoms with Gasteiger partial charge in [0.25, 0.3) is 5.56 Å². The van der Waals surface area contributed by atoms with E-state index in [1.807, 2.05) is 6.92 Å². The van der Waals surface area contributed by atoms with Crippen LogP contribution in [-0.4, -0.2) is 29.5 Å². The van der Waals surface area contributed by atoms with Crippen LogP contribution in [0.1, 0.15) is 17.7 Å². The van der Waals surface area contributed by atoms with Gasteiger partial charge in [0.15, 0.2) is 9.84 Å². The predicted molar refractivity (Wildman–Crippen MR) is 107 cm³/mol. The lowest BCUT2D eigenvalue weighted by molar-refractivity contribution is -0.144. The number of fused-ring (bicyclic) bond motifs is 1.